The Bertz CT molecular complexity index is 366. The van der Waals surface area contributed by atoms with Gasteiger partial charge < -0.3 is 5.11 Å². The standard InChI is InChI=1S/C12H14O2/c1-8-6-11(4-5-12(13)14)7-9(2)10(8)3/h4-7H,1-3H3,(H,13,14)/b5-4+. The van der Waals surface area contributed by atoms with Crippen molar-refractivity contribution in [3.05, 3.63) is 40.5 Å². The van der Waals surface area contributed by atoms with E-state index in [1.54, 1.807) is 6.08 Å². The van der Waals surface area contributed by atoms with E-state index in [0.29, 0.717) is 0 Å². The van der Waals surface area contributed by atoms with Crippen molar-refractivity contribution in [2.24, 2.45) is 0 Å². The van der Waals surface area contributed by atoms with Gasteiger partial charge in [-0.05, 0) is 49.1 Å². The molecule has 0 aliphatic heterocycles. The molecule has 1 aromatic carbocycles. The number of rotatable bonds is 2. The van der Waals surface area contributed by atoms with Gasteiger partial charge in [0.15, 0.2) is 0 Å². The molecule has 0 heterocycles. The van der Waals surface area contributed by atoms with E-state index in [-0.39, 0.29) is 0 Å². The van der Waals surface area contributed by atoms with Gasteiger partial charge in [0, 0.05) is 6.08 Å². The lowest BCUT2D eigenvalue weighted by molar-refractivity contribution is -0.131. The maximum Gasteiger partial charge on any atom is 0.328 e. The molecule has 0 radical (unpaired) electrons. The molecule has 74 valence electrons. The summed E-state index contributed by atoms with van der Waals surface area (Å²) in [7, 11) is 0. The van der Waals surface area contributed by atoms with Crippen molar-refractivity contribution in [3.63, 3.8) is 0 Å². The summed E-state index contributed by atoms with van der Waals surface area (Å²) in [6.07, 6.45) is 2.77. The highest BCUT2D eigenvalue weighted by Crippen LogP contribution is 2.16. The molecule has 14 heavy (non-hydrogen) atoms. The maximum atomic E-state index is 10.3. The zero-order valence-electron chi connectivity index (χ0n) is 8.66. The van der Waals surface area contributed by atoms with Crippen molar-refractivity contribution in [1.29, 1.82) is 0 Å². The van der Waals surface area contributed by atoms with Crippen molar-refractivity contribution in [1.82, 2.24) is 0 Å². The largest absolute Gasteiger partial charge is 0.478 e. The first-order valence-electron chi connectivity index (χ1n) is 4.49. The van der Waals surface area contributed by atoms with E-state index in [9.17, 15) is 4.79 Å². The fraction of sp³-hybridized carbons (Fsp3) is 0.250. The SMILES string of the molecule is Cc1cc(/C=C/C(=O)O)cc(C)c1C. The van der Waals surface area contributed by atoms with Crippen LogP contribution in [0.3, 0.4) is 0 Å². The Hall–Kier alpha value is -1.57. The summed E-state index contributed by atoms with van der Waals surface area (Å²) < 4.78 is 0. The third-order valence-corrected chi connectivity index (χ3v) is 2.37. The number of carboxylic acid groups (broad SMARTS) is 1. The number of hydrogen-bond acceptors (Lipinski definition) is 1. The normalized spacial score (nSPS) is 10.8. The van der Waals surface area contributed by atoms with Gasteiger partial charge in [-0.1, -0.05) is 12.1 Å². The average Bonchev–Trinajstić information content (AvgIpc) is 2.10. The monoisotopic (exact) mass is 190 g/mol. The van der Waals surface area contributed by atoms with Crippen LogP contribution in [0.4, 0.5) is 0 Å². The van der Waals surface area contributed by atoms with Gasteiger partial charge in [0.2, 0.25) is 0 Å². The topological polar surface area (TPSA) is 37.3 Å². The smallest absolute Gasteiger partial charge is 0.328 e. The molecule has 0 amide bonds. The third-order valence-electron chi connectivity index (χ3n) is 2.37. The molecule has 2 nitrogen and oxygen atoms in total. The first-order chi connectivity index (χ1) is 6.50. The first kappa shape index (κ1) is 10.5. The van der Waals surface area contributed by atoms with Gasteiger partial charge in [0.25, 0.3) is 0 Å². The summed E-state index contributed by atoms with van der Waals surface area (Å²) in [5, 5.41) is 8.48. The molecular formula is C12H14O2. The predicted octanol–water partition coefficient (Wildman–Crippen LogP) is 2.71. The fourth-order valence-electron chi connectivity index (χ4n) is 1.33. The number of benzene rings is 1. The molecule has 0 atom stereocenters. The predicted molar refractivity (Wildman–Crippen MR) is 57.3 cm³/mol. The lowest BCUT2D eigenvalue weighted by Crippen LogP contribution is -1.89. The molecule has 0 aliphatic carbocycles. The van der Waals surface area contributed by atoms with E-state index in [1.807, 2.05) is 26.0 Å². The van der Waals surface area contributed by atoms with Crippen molar-refractivity contribution in [2.75, 3.05) is 0 Å². The Labute approximate surface area is 83.9 Å². The summed E-state index contributed by atoms with van der Waals surface area (Å²) in [6.45, 7) is 6.12. The van der Waals surface area contributed by atoms with E-state index < -0.39 is 5.97 Å². The van der Waals surface area contributed by atoms with Crippen molar-refractivity contribution >= 4 is 12.0 Å². The minimum atomic E-state index is -0.916. The van der Waals surface area contributed by atoms with Gasteiger partial charge in [-0.15, -0.1) is 0 Å². The van der Waals surface area contributed by atoms with Gasteiger partial charge in [-0.3, -0.25) is 0 Å². The summed E-state index contributed by atoms with van der Waals surface area (Å²) >= 11 is 0. The van der Waals surface area contributed by atoms with E-state index in [0.717, 1.165) is 11.6 Å². The van der Waals surface area contributed by atoms with E-state index in [4.69, 9.17) is 5.11 Å². The lowest BCUT2D eigenvalue weighted by Gasteiger charge is -2.05. The van der Waals surface area contributed by atoms with E-state index in [1.165, 1.54) is 16.7 Å². The van der Waals surface area contributed by atoms with Crippen molar-refractivity contribution in [2.45, 2.75) is 20.8 Å². The fourth-order valence-corrected chi connectivity index (χ4v) is 1.33. The molecule has 2 heteroatoms. The Kier molecular flexibility index (Phi) is 3.07. The van der Waals surface area contributed by atoms with E-state index >= 15 is 0 Å². The Morgan fingerprint density at radius 1 is 1.21 bits per heavy atom. The highest BCUT2D eigenvalue weighted by molar-refractivity contribution is 5.85. The first-order valence-corrected chi connectivity index (χ1v) is 4.49. The van der Waals surface area contributed by atoms with Crippen LogP contribution in [0.25, 0.3) is 6.08 Å². The minimum Gasteiger partial charge on any atom is -0.478 e. The molecule has 0 spiro atoms. The molecule has 1 aromatic rings. The van der Waals surface area contributed by atoms with E-state index in [2.05, 4.69) is 6.92 Å². The number of carbonyl (C=O) groups is 1. The van der Waals surface area contributed by atoms with Crippen molar-refractivity contribution in [3.8, 4) is 0 Å². The van der Waals surface area contributed by atoms with Gasteiger partial charge >= 0.3 is 5.97 Å². The Morgan fingerprint density at radius 3 is 2.14 bits per heavy atom. The molecule has 0 saturated heterocycles. The third kappa shape index (κ3) is 2.46. The molecule has 0 saturated carbocycles. The van der Waals surface area contributed by atoms with Crippen LogP contribution in [0.5, 0.6) is 0 Å². The summed E-state index contributed by atoms with van der Waals surface area (Å²) in [4.78, 5) is 10.3. The second-order valence-electron chi connectivity index (χ2n) is 3.45. The number of aryl methyl sites for hydroxylation is 2. The zero-order chi connectivity index (χ0) is 10.7. The average molecular weight is 190 g/mol. The Balaban J connectivity index is 3.07. The molecular weight excluding hydrogens is 176 g/mol. The van der Waals surface area contributed by atoms with Crippen LogP contribution < -0.4 is 0 Å². The molecule has 0 aromatic heterocycles. The lowest BCUT2D eigenvalue weighted by atomic mass is 10.0. The van der Waals surface area contributed by atoms with Gasteiger partial charge in [0.05, 0.1) is 0 Å². The van der Waals surface area contributed by atoms with Crippen LogP contribution in [0, 0.1) is 20.8 Å². The summed E-state index contributed by atoms with van der Waals surface area (Å²) in [5.74, 6) is -0.916. The summed E-state index contributed by atoms with van der Waals surface area (Å²) in [6, 6.07) is 3.98. The molecule has 1 N–H and O–H groups in total. The van der Waals surface area contributed by atoms with Gasteiger partial charge in [0.1, 0.15) is 0 Å². The van der Waals surface area contributed by atoms with Crippen LogP contribution in [0.1, 0.15) is 22.3 Å². The number of aliphatic carboxylic acids is 1. The van der Waals surface area contributed by atoms with Crippen molar-refractivity contribution < 1.29 is 9.90 Å². The molecule has 1 rings (SSSR count). The van der Waals surface area contributed by atoms with Crippen LogP contribution in [-0.4, -0.2) is 11.1 Å². The molecule has 0 fully saturated rings. The van der Waals surface area contributed by atoms with Crippen LogP contribution in [-0.2, 0) is 4.79 Å². The van der Waals surface area contributed by atoms with Gasteiger partial charge in [-0.25, -0.2) is 4.79 Å². The van der Waals surface area contributed by atoms with Crippen LogP contribution >= 0.6 is 0 Å². The quantitative estimate of drug-likeness (QED) is 0.728. The zero-order valence-corrected chi connectivity index (χ0v) is 8.66. The minimum absolute atomic E-state index is 0.916. The highest BCUT2D eigenvalue weighted by atomic mass is 16.4. The summed E-state index contributed by atoms with van der Waals surface area (Å²) in [5.41, 5.74) is 4.58. The second kappa shape index (κ2) is 4.09. The van der Waals surface area contributed by atoms with Gasteiger partial charge in [-0.2, -0.15) is 0 Å². The van der Waals surface area contributed by atoms with Crippen LogP contribution in [0.15, 0.2) is 18.2 Å². The molecule has 0 unspecified atom stereocenters. The second-order valence-corrected chi connectivity index (χ2v) is 3.45. The number of carboxylic acids is 1. The van der Waals surface area contributed by atoms with Crippen LogP contribution in [0.2, 0.25) is 0 Å². The maximum absolute atomic E-state index is 10.3. The molecule has 0 aliphatic rings. The molecule has 0 bridgehead atoms. The highest BCUT2D eigenvalue weighted by Gasteiger charge is 1.98. The number of hydrogen-bond donors (Lipinski definition) is 1. The Morgan fingerprint density at radius 2 is 1.71 bits per heavy atom.